The molecule has 0 fully saturated rings. The Hall–Kier alpha value is -0.760. The minimum absolute atomic E-state index is 1.09. The molecule has 1 aromatic heterocycles. The molecule has 0 aliphatic carbocycles. The summed E-state index contributed by atoms with van der Waals surface area (Å²) in [6.07, 6.45) is 3.84. The van der Waals surface area contributed by atoms with Crippen LogP contribution in [0.15, 0.2) is 34.7 Å². The van der Waals surface area contributed by atoms with Crippen molar-refractivity contribution in [1.29, 1.82) is 0 Å². The van der Waals surface area contributed by atoms with Crippen molar-refractivity contribution < 1.29 is 0 Å². The monoisotopic (exact) mass is 195 g/mol. The number of aryl methyl sites for hydroxylation is 1. The van der Waals surface area contributed by atoms with Crippen molar-refractivity contribution in [3.05, 3.63) is 35.5 Å². The van der Waals surface area contributed by atoms with Crippen LogP contribution in [0, 0.1) is 6.92 Å². The summed E-state index contributed by atoms with van der Waals surface area (Å²) in [5, 5.41) is 2.06. The van der Waals surface area contributed by atoms with Gasteiger partial charge in [-0.05, 0) is 31.4 Å². The van der Waals surface area contributed by atoms with E-state index in [1.807, 2.05) is 46.0 Å². The SMILES string of the molecule is C/C=C\Sc1cccnc1C.CC. The molecular formula is C11H17NS. The first-order chi connectivity index (χ1) is 6.34. The third-order valence-corrected chi connectivity index (χ3v) is 2.38. The zero-order valence-electron chi connectivity index (χ0n) is 8.74. The average Bonchev–Trinajstić information content (AvgIpc) is 2.20. The zero-order chi connectivity index (χ0) is 10.1. The number of allylic oxidation sites excluding steroid dienone is 1. The van der Waals surface area contributed by atoms with E-state index < -0.39 is 0 Å². The molecule has 0 amide bonds. The fraction of sp³-hybridized carbons (Fsp3) is 0.364. The normalized spacial score (nSPS) is 9.54. The second-order valence-electron chi connectivity index (χ2n) is 2.17. The molecule has 0 bridgehead atoms. The van der Waals surface area contributed by atoms with Gasteiger partial charge in [0.05, 0.1) is 5.69 Å². The Morgan fingerprint density at radius 2 is 2.08 bits per heavy atom. The summed E-state index contributed by atoms with van der Waals surface area (Å²) in [7, 11) is 0. The van der Waals surface area contributed by atoms with Gasteiger partial charge in [-0.25, -0.2) is 0 Å². The molecule has 13 heavy (non-hydrogen) atoms. The van der Waals surface area contributed by atoms with Crippen molar-refractivity contribution in [2.45, 2.75) is 32.6 Å². The Morgan fingerprint density at radius 3 is 2.62 bits per heavy atom. The summed E-state index contributed by atoms with van der Waals surface area (Å²) in [5.74, 6) is 0. The molecule has 0 saturated heterocycles. The molecule has 0 spiro atoms. The van der Waals surface area contributed by atoms with Gasteiger partial charge < -0.3 is 0 Å². The van der Waals surface area contributed by atoms with E-state index in [4.69, 9.17) is 0 Å². The summed E-state index contributed by atoms with van der Waals surface area (Å²) in [5.41, 5.74) is 1.09. The van der Waals surface area contributed by atoms with E-state index in [9.17, 15) is 0 Å². The van der Waals surface area contributed by atoms with Crippen LogP contribution < -0.4 is 0 Å². The molecule has 0 aliphatic heterocycles. The van der Waals surface area contributed by atoms with Crippen LogP contribution in [0.4, 0.5) is 0 Å². The molecule has 1 rings (SSSR count). The van der Waals surface area contributed by atoms with Crippen LogP contribution >= 0.6 is 11.8 Å². The van der Waals surface area contributed by atoms with Gasteiger partial charge in [-0.2, -0.15) is 0 Å². The maximum Gasteiger partial charge on any atom is 0.0511 e. The van der Waals surface area contributed by atoms with Gasteiger partial charge in [0, 0.05) is 11.1 Å². The number of pyridine rings is 1. The number of nitrogens with zero attached hydrogens (tertiary/aromatic N) is 1. The largest absolute Gasteiger partial charge is 0.260 e. The third-order valence-electron chi connectivity index (χ3n) is 1.29. The lowest BCUT2D eigenvalue weighted by Gasteiger charge is -1.98. The van der Waals surface area contributed by atoms with Crippen molar-refractivity contribution in [2.75, 3.05) is 0 Å². The maximum atomic E-state index is 4.18. The summed E-state index contributed by atoms with van der Waals surface area (Å²) >= 11 is 1.70. The summed E-state index contributed by atoms with van der Waals surface area (Å²) in [6.45, 7) is 8.03. The summed E-state index contributed by atoms with van der Waals surface area (Å²) < 4.78 is 0. The number of thioether (sulfide) groups is 1. The highest BCUT2D eigenvalue weighted by Crippen LogP contribution is 2.20. The Bertz CT molecular complexity index is 256. The molecule has 0 radical (unpaired) electrons. The average molecular weight is 195 g/mol. The Balaban J connectivity index is 0.000000671. The second kappa shape index (κ2) is 7.87. The highest BCUT2D eigenvalue weighted by molar-refractivity contribution is 8.02. The van der Waals surface area contributed by atoms with E-state index in [1.165, 1.54) is 4.90 Å². The van der Waals surface area contributed by atoms with Gasteiger partial charge >= 0.3 is 0 Å². The van der Waals surface area contributed by atoms with Gasteiger partial charge in [-0.3, -0.25) is 4.98 Å². The lowest BCUT2D eigenvalue weighted by molar-refractivity contribution is 1.12. The minimum Gasteiger partial charge on any atom is -0.260 e. The molecule has 1 aromatic rings. The van der Waals surface area contributed by atoms with E-state index in [-0.39, 0.29) is 0 Å². The molecular weight excluding hydrogens is 178 g/mol. The van der Waals surface area contributed by atoms with Crippen LogP contribution in [-0.4, -0.2) is 4.98 Å². The molecule has 1 nitrogen and oxygen atoms in total. The topological polar surface area (TPSA) is 12.9 Å². The number of hydrogen-bond acceptors (Lipinski definition) is 2. The number of hydrogen-bond donors (Lipinski definition) is 0. The highest BCUT2D eigenvalue weighted by Gasteiger charge is 1.93. The van der Waals surface area contributed by atoms with Crippen molar-refractivity contribution in [3.63, 3.8) is 0 Å². The highest BCUT2D eigenvalue weighted by atomic mass is 32.2. The fourth-order valence-corrected chi connectivity index (χ4v) is 1.40. The first kappa shape index (κ1) is 12.2. The minimum atomic E-state index is 1.09. The first-order valence-electron chi connectivity index (χ1n) is 4.54. The van der Waals surface area contributed by atoms with E-state index in [2.05, 4.69) is 16.5 Å². The van der Waals surface area contributed by atoms with Crippen LogP contribution in [0.3, 0.4) is 0 Å². The van der Waals surface area contributed by atoms with E-state index in [0.29, 0.717) is 0 Å². The molecule has 0 unspecified atom stereocenters. The lowest BCUT2D eigenvalue weighted by atomic mass is 10.4. The molecule has 2 heteroatoms. The predicted octanol–water partition coefficient (Wildman–Crippen LogP) is 4.04. The first-order valence-corrected chi connectivity index (χ1v) is 5.42. The summed E-state index contributed by atoms with van der Waals surface area (Å²) in [4.78, 5) is 5.40. The molecule has 0 aromatic carbocycles. The molecule has 72 valence electrons. The second-order valence-corrected chi connectivity index (χ2v) is 3.12. The van der Waals surface area contributed by atoms with Gasteiger partial charge in [0.15, 0.2) is 0 Å². The molecule has 0 aliphatic rings. The molecule has 0 N–H and O–H groups in total. The van der Waals surface area contributed by atoms with Crippen LogP contribution in [0.25, 0.3) is 0 Å². The number of rotatable bonds is 2. The quantitative estimate of drug-likeness (QED) is 0.660. The van der Waals surface area contributed by atoms with Crippen molar-refractivity contribution in [3.8, 4) is 0 Å². The van der Waals surface area contributed by atoms with Crippen molar-refractivity contribution in [1.82, 2.24) is 4.98 Å². The standard InChI is InChI=1S/C9H11NS.C2H6/c1-3-7-11-9-5-4-6-10-8(9)2;1-2/h3-7H,1-2H3;1-2H3/b7-3-;. The van der Waals surface area contributed by atoms with Crippen molar-refractivity contribution >= 4 is 11.8 Å². The molecule has 0 atom stereocenters. The van der Waals surface area contributed by atoms with Gasteiger partial charge in [-0.15, -0.1) is 0 Å². The Kier molecular flexibility index (Phi) is 7.41. The van der Waals surface area contributed by atoms with Gasteiger partial charge in [0.1, 0.15) is 0 Å². The Morgan fingerprint density at radius 1 is 1.38 bits per heavy atom. The van der Waals surface area contributed by atoms with Gasteiger partial charge in [0.2, 0.25) is 0 Å². The smallest absolute Gasteiger partial charge is 0.0511 e. The van der Waals surface area contributed by atoms with Crippen LogP contribution in [-0.2, 0) is 0 Å². The van der Waals surface area contributed by atoms with Crippen LogP contribution in [0.5, 0.6) is 0 Å². The zero-order valence-corrected chi connectivity index (χ0v) is 9.56. The molecule has 1 heterocycles. The van der Waals surface area contributed by atoms with E-state index in [1.54, 1.807) is 11.8 Å². The maximum absolute atomic E-state index is 4.18. The predicted molar refractivity (Wildman–Crippen MR) is 61.0 cm³/mol. The summed E-state index contributed by atoms with van der Waals surface area (Å²) in [6, 6.07) is 4.03. The van der Waals surface area contributed by atoms with Gasteiger partial charge in [0.25, 0.3) is 0 Å². The van der Waals surface area contributed by atoms with Gasteiger partial charge in [-0.1, -0.05) is 31.7 Å². The third kappa shape index (κ3) is 4.73. The van der Waals surface area contributed by atoms with Crippen LogP contribution in [0.1, 0.15) is 26.5 Å². The van der Waals surface area contributed by atoms with Crippen molar-refractivity contribution in [2.24, 2.45) is 0 Å². The lowest BCUT2D eigenvalue weighted by Crippen LogP contribution is -1.80. The van der Waals surface area contributed by atoms with E-state index in [0.717, 1.165) is 5.69 Å². The Labute approximate surface area is 85.3 Å². The fourth-order valence-electron chi connectivity index (χ4n) is 0.735. The molecule has 0 saturated carbocycles. The number of aromatic nitrogens is 1. The van der Waals surface area contributed by atoms with Crippen LogP contribution in [0.2, 0.25) is 0 Å². The van der Waals surface area contributed by atoms with E-state index >= 15 is 0 Å².